The molecular weight excluding hydrogens is 518 g/mol. The minimum atomic E-state index is 0.278. The van der Waals surface area contributed by atoms with Gasteiger partial charge in [-0.2, -0.15) is 0 Å². The molecule has 0 bridgehead atoms. The lowest BCUT2D eigenvalue weighted by molar-refractivity contribution is 0.248. The van der Waals surface area contributed by atoms with E-state index in [2.05, 4.69) is 49.2 Å². The minimum absolute atomic E-state index is 0.278. The summed E-state index contributed by atoms with van der Waals surface area (Å²) in [6, 6.07) is 22.2. The monoisotopic (exact) mass is 555 g/mol. The molecule has 4 aromatic carbocycles. The van der Waals surface area contributed by atoms with E-state index in [-0.39, 0.29) is 13.2 Å². The molecule has 0 amide bonds. The Morgan fingerprint density at radius 2 is 1.15 bits per heavy atom. The Balaban J connectivity index is 1.55. The summed E-state index contributed by atoms with van der Waals surface area (Å²) < 4.78 is 35.2. The van der Waals surface area contributed by atoms with Gasteiger partial charge in [-0.1, -0.05) is 49.4 Å². The van der Waals surface area contributed by atoms with Gasteiger partial charge in [-0.15, -0.1) is 0 Å². The van der Waals surface area contributed by atoms with Crippen LogP contribution in [0.3, 0.4) is 0 Å². The van der Waals surface area contributed by atoms with Gasteiger partial charge < -0.3 is 33.3 Å². The van der Waals surface area contributed by atoms with Gasteiger partial charge in [0.05, 0.1) is 28.4 Å². The number of fused-ring (bicyclic) bond motifs is 3. The number of hydrogen-bond acceptors (Lipinski definition) is 7. The summed E-state index contributed by atoms with van der Waals surface area (Å²) in [5, 5.41) is 0. The van der Waals surface area contributed by atoms with Crippen molar-refractivity contribution in [3.63, 3.8) is 0 Å². The number of hydrogen-bond donors (Lipinski definition) is 0. The number of aryl methyl sites for hydroxylation is 1. The maximum atomic E-state index is 6.49. The van der Waals surface area contributed by atoms with Crippen molar-refractivity contribution < 1.29 is 28.4 Å². The number of nitrogens with zero attached hydrogens (tertiary/aromatic N) is 1. The van der Waals surface area contributed by atoms with E-state index in [4.69, 9.17) is 28.4 Å². The third kappa shape index (κ3) is 5.44. The molecule has 0 N–H and O–H groups in total. The van der Waals surface area contributed by atoms with Gasteiger partial charge in [-0.25, -0.2) is 0 Å². The summed E-state index contributed by atoms with van der Waals surface area (Å²) >= 11 is 0. The van der Waals surface area contributed by atoms with Gasteiger partial charge in [0.2, 0.25) is 0 Å². The zero-order valence-electron chi connectivity index (χ0n) is 24.6. The van der Waals surface area contributed by atoms with Crippen LogP contribution in [-0.2, 0) is 26.2 Å². The first-order valence-corrected chi connectivity index (χ1v) is 13.7. The Hall–Kier alpha value is -4.52. The lowest BCUT2D eigenvalue weighted by atomic mass is 9.90. The first-order valence-electron chi connectivity index (χ1n) is 13.7. The molecule has 0 unspecified atom stereocenters. The summed E-state index contributed by atoms with van der Waals surface area (Å²) in [6.45, 7) is 3.52. The largest absolute Gasteiger partial charge is 0.493 e. The zero-order chi connectivity index (χ0) is 28.9. The first kappa shape index (κ1) is 28.0. The van der Waals surface area contributed by atoms with Gasteiger partial charge >= 0.3 is 0 Å². The molecule has 0 spiro atoms. The summed E-state index contributed by atoms with van der Waals surface area (Å²) in [5.41, 5.74) is 7.85. The first-order chi connectivity index (χ1) is 20.0. The standard InChI is InChI=1S/C34H37NO6/c1-7-22-11-8-14-26-27-18-31(41-21-24-13-10-16-29(37-4)34(24)39-6)30(17-25(27)19-35(2)32(22)26)40-20-23-12-9-15-28(36-3)33(23)38-5/h8-18H,7,19-21H2,1-6H3. The average Bonchev–Trinajstić information content (AvgIpc) is 3.01. The number of benzene rings is 4. The Morgan fingerprint density at radius 3 is 1.68 bits per heavy atom. The number of ether oxygens (including phenoxy) is 6. The smallest absolute Gasteiger partial charge is 0.167 e. The molecule has 7 nitrogen and oxygen atoms in total. The quantitative estimate of drug-likeness (QED) is 0.196. The van der Waals surface area contributed by atoms with Crippen LogP contribution in [0, 0.1) is 0 Å². The molecule has 1 aliphatic heterocycles. The van der Waals surface area contributed by atoms with E-state index >= 15 is 0 Å². The van der Waals surface area contributed by atoms with Crippen molar-refractivity contribution in [2.45, 2.75) is 33.1 Å². The van der Waals surface area contributed by atoms with E-state index in [0.717, 1.165) is 29.7 Å². The van der Waals surface area contributed by atoms with Crippen LogP contribution in [0.4, 0.5) is 5.69 Å². The Kier molecular flexibility index (Phi) is 8.43. The normalized spacial score (nSPS) is 11.8. The second kappa shape index (κ2) is 12.3. The molecule has 0 saturated carbocycles. The van der Waals surface area contributed by atoms with Crippen molar-refractivity contribution >= 4 is 5.69 Å². The summed E-state index contributed by atoms with van der Waals surface area (Å²) in [6.07, 6.45) is 0.964. The van der Waals surface area contributed by atoms with Gasteiger partial charge in [-0.3, -0.25) is 0 Å². The number of para-hydroxylation sites is 3. The zero-order valence-corrected chi connectivity index (χ0v) is 24.6. The van der Waals surface area contributed by atoms with Crippen molar-refractivity contribution in [1.82, 2.24) is 0 Å². The van der Waals surface area contributed by atoms with Crippen LogP contribution in [-0.4, -0.2) is 35.5 Å². The van der Waals surface area contributed by atoms with E-state index in [9.17, 15) is 0 Å². The topological polar surface area (TPSA) is 58.6 Å². The number of anilines is 1. The van der Waals surface area contributed by atoms with Crippen LogP contribution < -0.4 is 33.3 Å². The molecule has 4 aromatic rings. The summed E-state index contributed by atoms with van der Waals surface area (Å²) in [5.74, 6) is 3.91. The molecule has 41 heavy (non-hydrogen) atoms. The number of methoxy groups -OCH3 is 4. The van der Waals surface area contributed by atoms with Gasteiger partial charge in [0.1, 0.15) is 13.2 Å². The molecule has 0 aromatic heterocycles. The molecule has 0 fully saturated rings. The Labute approximate surface area is 242 Å². The van der Waals surface area contributed by atoms with Gasteiger partial charge in [0.25, 0.3) is 0 Å². The van der Waals surface area contributed by atoms with Gasteiger partial charge in [0.15, 0.2) is 34.5 Å². The SMILES string of the molecule is CCc1cccc2c1N(C)Cc1cc(OCc3cccc(OC)c3OC)c(OCc3cccc(OC)c3OC)cc1-2. The summed E-state index contributed by atoms with van der Waals surface area (Å²) in [4.78, 5) is 2.31. The molecule has 0 radical (unpaired) electrons. The average molecular weight is 556 g/mol. The molecule has 0 atom stereocenters. The predicted molar refractivity (Wildman–Crippen MR) is 161 cm³/mol. The van der Waals surface area contributed by atoms with Crippen molar-refractivity contribution in [3.05, 3.63) is 89.0 Å². The van der Waals surface area contributed by atoms with E-state index in [1.807, 2.05) is 36.4 Å². The fraction of sp³-hybridized carbons (Fsp3) is 0.294. The Bertz CT molecular complexity index is 1530. The van der Waals surface area contributed by atoms with E-state index in [1.165, 1.54) is 22.4 Å². The van der Waals surface area contributed by atoms with E-state index in [0.29, 0.717) is 34.5 Å². The van der Waals surface area contributed by atoms with E-state index in [1.54, 1.807) is 28.4 Å². The molecule has 0 aliphatic carbocycles. The lowest BCUT2D eigenvalue weighted by Gasteiger charge is -2.32. The van der Waals surface area contributed by atoms with Crippen molar-refractivity contribution in [2.24, 2.45) is 0 Å². The van der Waals surface area contributed by atoms with Crippen LogP contribution in [0.2, 0.25) is 0 Å². The van der Waals surface area contributed by atoms with Gasteiger partial charge in [-0.05, 0) is 47.4 Å². The lowest BCUT2D eigenvalue weighted by Crippen LogP contribution is -2.23. The molecule has 5 rings (SSSR count). The minimum Gasteiger partial charge on any atom is -0.493 e. The van der Waals surface area contributed by atoms with Crippen LogP contribution in [0.1, 0.15) is 29.2 Å². The second-order valence-electron chi connectivity index (χ2n) is 9.86. The summed E-state index contributed by atoms with van der Waals surface area (Å²) in [7, 11) is 8.66. The maximum Gasteiger partial charge on any atom is 0.167 e. The maximum absolute atomic E-state index is 6.49. The van der Waals surface area contributed by atoms with Crippen LogP contribution in [0.25, 0.3) is 11.1 Å². The van der Waals surface area contributed by atoms with E-state index < -0.39 is 0 Å². The highest BCUT2D eigenvalue weighted by Crippen LogP contribution is 2.46. The number of rotatable bonds is 11. The molecule has 1 aliphatic rings. The fourth-order valence-electron chi connectivity index (χ4n) is 5.53. The van der Waals surface area contributed by atoms with Crippen molar-refractivity contribution in [3.8, 4) is 45.6 Å². The molecule has 214 valence electrons. The van der Waals surface area contributed by atoms with Crippen LogP contribution >= 0.6 is 0 Å². The third-order valence-corrected chi connectivity index (χ3v) is 7.48. The van der Waals surface area contributed by atoms with Crippen LogP contribution in [0.15, 0.2) is 66.7 Å². The predicted octanol–water partition coefficient (Wildman–Crippen LogP) is 7.06. The molecular formula is C34H37NO6. The Morgan fingerprint density at radius 1 is 0.610 bits per heavy atom. The second-order valence-corrected chi connectivity index (χ2v) is 9.86. The molecule has 1 heterocycles. The van der Waals surface area contributed by atoms with Gasteiger partial charge in [0, 0.05) is 36.0 Å². The highest BCUT2D eigenvalue weighted by Gasteiger charge is 2.25. The molecule has 0 saturated heterocycles. The van der Waals surface area contributed by atoms with Crippen LogP contribution in [0.5, 0.6) is 34.5 Å². The highest BCUT2D eigenvalue weighted by molar-refractivity contribution is 5.87. The third-order valence-electron chi connectivity index (χ3n) is 7.48. The van der Waals surface area contributed by atoms with Crippen molar-refractivity contribution in [1.29, 1.82) is 0 Å². The molecule has 7 heteroatoms. The highest BCUT2D eigenvalue weighted by atomic mass is 16.5. The van der Waals surface area contributed by atoms with Crippen molar-refractivity contribution in [2.75, 3.05) is 40.4 Å². The fourth-order valence-corrected chi connectivity index (χ4v) is 5.53.